The Bertz CT molecular complexity index is 988. The van der Waals surface area contributed by atoms with Gasteiger partial charge < -0.3 is 19.7 Å². The number of carbonyl (C=O) groups is 1. The van der Waals surface area contributed by atoms with Crippen molar-refractivity contribution in [2.24, 2.45) is 0 Å². The summed E-state index contributed by atoms with van der Waals surface area (Å²) >= 11 is 0. The average molecular weight is 388 g/mol. The molecule has 1 amide bonds. The van der Waals surface area contributed by atoms with Gasteiger partial charge in [-0.3, -0.25) is 4.79 Å². The third-order valence-electron chi connectivity index (χ3n) is 4.84. The van der Waals surface area contributed by atoms with E-state index in [9.17, 15) is 4.79 Å². The lowest BCUT2D eigenvalue weighted by Gasteiger charge is -2.23. The number of para-hydroxylation sites is 2. The van der Waals surface area contributed by atoms with Gasteiger partial charge in [-0.15, -0.1) is 0 Å². The van der Waals surface area contributed by atoms with E-state index in [1.807, 2.05) is 49.5 Å². The number of amides is 1. The van der Waals surface area contributed by atoms with Gasteiger partial charge in [-0.25, -0.2) is 0 Å². The Hall–Kier alpha value is -3.47. The van der Waals surface area contributed by atoms with E-state index in [2.05, 4.69) is 22.3 Å². The van der Waals surface area contributed by atoms with Crippen molar-refractivity contribution in [3.8, 4) is 11.5 Å². The first kappa shape index (κ1) is 18.9. The molecule has 148 valence electrons. The quantitative estimate of drug-likeness (QED) is 0.686. The number of hydrogen-bond donors (Lipinski definition) is 1. The number of nitrogens with one attached hydrogen (secondary N) is 1. The van der Waals surface area contributed by atoms with Gasteiger partial charge in [0, 0.05) is 25.6 Å². The van der Waals surface area contributed by atoms with E-state index in [-0.39, 0.29) is 5.91 Å². The van der Waals surface area contributed by atoms with Crippen LogP contribution in [-0.4, -0.2) is 26.2 Å². The molecule has 1 heterocycles. The van der Waals surface area contributed by atoms with Gasteiger partial charge in [-0.05, 0) is 35.9 Å². The van der Waals surface area contributed by atoms with E-state index < -0.39 is 0 Å². The molecule has 0 fully saturated rings. The first-order valence-electron chi connectivity index (χ1n) is 9.76. The normalized spacial score (nSPS) is 12.7. The fraction of sp³-hybridized carbons (Fsp3) is 0.208. The minimum atomic E-state index is -0.179. The lowest BCUT2D eigenvalue weighted by atomic mass is 10.1. The largest absolute Gasteiger partial charge is 0.490 e. The third-order valence-corrected chi connectivity index (χ3v) is 4.84. The maximum Gasteiger partial charge on any atom is 0.255 e. The van der Waals surface area contributed by atoms with Gasteiger partial charge in [-0.1, -0.05) is 42.5 Å². The highest BCUT2D eigenvalue weighted by molar-refractivity contribution is 6.06. The van der Waals surface area contributed by atoms with Crippen molar-refractivity contribution < 1.29 is 14.3 Å². The lowest BCUT2D eigenvalue weighted by molar-refractivity contribution is 0.102. The van der Waals surface area contributed by atoms with E-state index in [1.54, 1.807) is 18.2 Å². The van der Waals surface area contributed by atoms with Crippen LogP contribution in [0.25, 0.3) is 0 Å². The number of benzene rings is 3. The van der Waals surface area contributed by atoms with Crippen LogP contribution in [-0.2, 0) is 6.54 Å². The van der Waals surface area contributed by atoms with Crippen molar-refractivity contribution in [1.82, 2.24) is 0 Å². The van der Waals surface area contributed by atoms with Gasteiger partial charge in [0.2, 0.25) is 0 Å². The molecule has 0 saturated carbocycles. The molecule has 29 heavy (non-hydrogen) atoms. The van der Waals surface area contributed by atoms with Crippen molar-refractivity contribution in [3.05, 3.63) is 83.9 Å². The standard InChI is InChI=1S/C24H24N2O3/c1-26(17-18-8-3-2-4-9-18)21-11-6-5-10-20(21)25-24(27)19-12-13-22-23(16-19)29-15-7-14-28-22/h2-6,8-13,16H,7,14-15,17H2,1H3,(H,25,27). The second-order valence-corrected chi connectivity index (χ2v) is 7.02. The van der Waals surface area contributed by atoms with Crippen LogP contribution in [0.3, 0.4) is 0 Å². The second-order valence-electron chi connectivity index (χ2n) is 7.02. The molecule has 0 atom stereocenters. The Morgan fingerprint density at radius 1 is 0.931 bits per heavy atom. The van der Waals surface area contributed by atoms with Crippen molar-refractivity contribution >= 4 is 17.3 Å². The molecule has 0 unspecified atom stereocenters. The van der Waals surface area contributed by atoms with Crippen molar-refractivity contribution in [1.29, 1.82) is 0 Å². The summed E-state index contributed by atoms with van der Waals surface area (Å²) in [5.74, 6) is 1.12. The molecule has 0 aliphatic carbocycles. The maximum atomic E-state index is 12.9. The summed E-state index contributed by atoms with van der Waals surface area (Å²) in [6.07, 6.45) is 0.831. The molecule has 1 aliphatic heterocycles. The van der Waals surface area contributed by atoms with Gasteiger partial charge >= 0.3 is 0 Å². The Morgan fingerprint density at radius 3 is 2.48 bits per heavy atom. The predicted octanol–water partition coefficient (Wildman–Crippen LogP) is 4.74. The van der Waals surface area contributed by atoms with Crippen LogP contribution in [0.5, 0.6) is 11.5 Å². The Kier molecular flexibility index (Phi) is 5.66. The summed E-state index contributed by atoms with van der Waals surface area (Å²) in [4.78, 5) is 15.0. The molecule has 5 heteroatoms. The molecule has 0 saturated heterocycles. The van der Waals surface area contributed by atoms with Crippen molar-refractivity contribution in [3.63, 3.8) is 0 Å². The Balaban J connectivity index is 1.52. The van der Waals surface area contributed by atoms with E-state index in [0.717, 1.165) is 24.3 Å². The van der Waals surface area contributed by atoms with Crippen molar-refractivity contribution in [2.75, 3.05) is 30.5 Å². The summed E-state index contributed by atoms with van der Waals surface area (Å²) in [6.45, 7) is 1.96. The van der Waals surface area contributed by atoms with Crippen LogP contribution in [0, 0.1) is 0 Å². The van der Waals surface area contributed by atoms with Gasteiger partial charge in [-0.2, -0.15) is 0 Å². The van der Waals surface area contributed by atoms with Crippen LogP contribution in [0.1, 0.15) is 22.3 Å². The summed E-state index contributed by atoms with van der Waals surface area (Å²) in [5.41, 5.74) is 3.47. The molecule has 0 radical (unpaired) electrons. The number of carbonyl (C=O) groups excluding carboxylic acids is 1. The topological polar surface area (TPSA) is 50.8 Å². The number of nitrogens with zero attached hydrogens (tertiary/aromatic N) is 1. The van der Waals surface area contributed by atoms with Crippen LogP contribution in [0.15, 0.2) is 72.8 Å². The Labute approximate surface area is 170 Å². The molecule has 3 aromatic rings. The van der Waals surface area contributed by atoms with Gasteiger partial charge in [0.15, 0.2) is 11.5 Å². The number of anilines is 2. The smallest absolute Gasteiger partial charge is 0.255 e. The van der Waals surface area contributed by atoms with E-state index in [4.69, 9.17) is 9.47 Å². The highest BCUT2D eigenvalue weighted by atomic mass is 16.5. The molecular weight excluding hydrogens is 364 g/mol. The highest BCUT2D eigenvalue weighted by Gasteiger charge is 2.16. The summed E-state index contributed by atoms with van der Waals surface area (Å²) in [6, 6.07) is 23.4. The zero-order valence-electron chi connectivity index (χ0n) is 16.4. The van der Waals surface area contributed by atoms with Crippen LogP contribution in [0.2, 0.25) is 0 Å². The summed E-state index contributed by atoms with van der Waals surface area (Å²) < 4.78 is 11.3. The molecular formula is C24H24N2O3. The summed E-state index contributed by atoms with van der Waals surface area (Å²) in [5, 5.41) is 3.04. The number of rotatable bonds is 5. The minimum Gasteiger partial charge on any atom is -0.490 e. The first-order chi connectivity index (χ1) is 14.2. The predicted molar refractivity (Wildman–Crippen MR) is 115 cm³/mol. The van der Waals surface area contributed by atoms with E-state index in [0.29, 0.717) is 30.3 Å². The van der Waals surface area contributed by atoms with E-state index >= 15 is 0 Å². The van der Waals surface area contributed by atoms with Crippen LogP contribution >= 0.6 is 0 Å². The fourth-order valence-corrected chi connectivity index (χ4v) is 3.35. The number of hydrogen-bond acceptors (Lipinski definition) is 4. The molecule has 1 aliphatic rings. The van der Waals surface area contributed by atoms with E-state index in [1.165, 1.54) is 5.56 Å². The number of ether oxygens (including phenoxy) is 2. The van der Waals surface area contributed by atoms with Crippen molar-refractivity contribution in [2.45, 2.75) is 13.0 Å². The van der Waals surface area contributed by atoms with Gasteiger partial charge in [0.05, 0.1) is 24.6 Å². The van der Waals surface area contributed by atoms with Crippen LogP contribution < -0.4 is 19.7 Å². The molecule has 1 N–H and O–H groups in total. The van der Waals surface area contributed by atoms with Gasteiger partial charge in [0.25, 0.3) is 5.91 Å². The molecule has 0 aromatic heterocycles. The molecule has 3 aromatic carbocycles. The van der Waals surface area contributed by atoms with Gasteiger partial charge in [0.1, 0.15) is 0 Å². The fourth-order valence-electron chi connectivity index (χ4n) is 3.35. The highest BCUT2D eigenvalue weighted by Crippen LogP contribution is 2.31. The third kappa shape index (κ3) is 4.51. The first-order valence-corrected chi connectivity index (χ1v) is 9.76. The lowest BCUT2D eigenvalue weighted by Crippen LogP contribution is -2.20. The molecule has 5 nitrogen and oxygen atoms in total. The molecule has 0 spiro atoms. The second kappa shape index (κ2) is 8.69. The SMILES string of the molecule is CN(Cc1ccccc1)c1ccccc1NC(=O)c1ccc2c(c1)OCCCO2. The summed E-state index contributed by atoms with van der Waals surface area (Å²) in [7, 11) is 2.02. The van der Waals surface area contributed by atoms with Crippen LogP contribution in [0.4, 0.5) is 11.4 Å². The molecule has 4 rings (SSSR count). The Morgan fingerprint density at radius 2 is 1.66 bits per heavy atom. The monoisotopic (exact) mass is 388 g/mol. The number of fused-ring (bicyclic) bond motifs is 1. The molecule has 0 bridgehead atoms. The minimum absolute atomic E-state index is 0.179. The zero-order valence-corrected chi connectivity index (χ0v) is 16.4. The zero-order chi connectivity index (χ0) is 20.1. The maximum absolute atomic E-state index is 12.9. The average Bonchev–Trinajstić information content (AvgIpc) is 2.99.